The van der Waals surface area contributed by atoms with Crippen LogP contribution in [0.15, 0.2) is 30.3 Å². The molecule has 0 aliphatic heterocycles. The van der Waals surface area contributed by atoms with Crippen LogP contribution >= 0.6 is 0 Å². The molecule has 0 aromatic heterocycles. The monoisotopic (exact) mass is 164 g/mol. The van der Waals surface area contributed by atoms with Gasteiger partial charge in [0, 0.05) is 5.56 Å². The maximum atomic E-state index is 11.7. The van der Waals surface area contributed by atoms with E-state index in [1.54, 1.807) is 30.3 Å². The molecule has 0 aliphatic carbocycles. The normalized spacial score (nSPS) is 8.45. The third kappa shape index (κ3) is 2.99. The van der Waals surface area contributed by atoms with Crippen molar-refractivity contribution in [2.24, 2.45) is 0 Å². The van der Waals surface area contributed by atoms with Crippen LogP contribution in [-0.4, -0.2) is 35.5 Å². The summed E-state index contributed by atoms with van der Waals surface area (Å²) in [5.74, 6) is -0.458. The number of alkyl halides is 1. The standard InChI is InChI=1S/C8H7FO.Mg.2H/c9-6-8(10)7-4-2-1-3-5-7;;;/h1-5H,6H2;;;. The fraction of sp³-hybridized carbons (Fsp3) is 0.125. The lowest BCUT2D eigenvalue weighted by Gasteiger charge is -1.91. The van der Waals surface area contributed by atoms with Crippen molar-refractivity contribution in [3.8, 4) is 0 Å². The molecule has 0 amide bonds. The topological polar surface area (TPSA) is 17.1 Å². The highest BCUT2D eigenvalue weighted by Crippen LogP contribution is 1.99. The van der Waals surface area contributed by atoms with Crippen LogP contribution in [0.1, 0.15) is 10.4 Å². The number of hydrogen-bond donors (Lipinski definition) is 0. The first-order valence-corrected chi connectivity index (χ1v) is 2.99. The van der Waals surface area contributed by atoms with E-state index in [1.165, 1.54) is 0 Å². The first-order chi connectivity index (χ1) is 4.84. The van der Waals surface area contributed by atoms with Gasteiger partial charge in [0.15, 0.2) is 12.5 Å². The van der Waals surface area contributed by atoms with Crippen LogP contribution in [0.2, 0.25) is 0 Å². The molecule has 0 fully saturated rings. The lowest BCUT2D eigenvalue weighted by atomic mass is 10.1. The predicted octanol–water partition coefficient (Wildman–Crippen LogP) is 0.923. The molecule has 3 heteroatoms. The third-order valence-corrected chi connectivity index (χ3v) is 1.22. The zero-order valence-electron chi connectivity index (χ0n) is 5.38. The summed E-state index contributed by atoms with van der Waals surface area (Å²) < 4.78 is 11.7. The largest absolute Gasteiger partial charge is 0.316 e. The van der Waals surface area contributed by atoms with Gasteiger partial charge in [0.05, 0.1) is 0 Å². The predicted molar refractivity (Wildman–Crippen MR) is 45.3 cm³/mol. The van der Waals surface area contributed by atoms with Crippen molar-refractivity contribution in [2.75, 3.05) is 6.67 Å². The molecule has 0 radical (unpaired) electrons. The van der Waals surface area contributed by atoms with E-state index >= 15 is 0 Å². The average Bonchev–Trinajstić information content (AvgIpc) is 2.05. The van der Waals surface area contributed by atoms with Crippen molar-refractivity contribution in [1.82, 2.24) is 0 Å². The van der Waals surface area contributed by atoms with Gasteiger partial charge in [-0.2, -0.15) is 0 Å². The molecule has 1 nitrogen and oxygen atoms in total. The van der Waals surface area contributed by atoms with Gasteiger partial charge in [-0.1, -0.05) is 30.3 Å². The second-order valence-corrected chi connectivity index (χ2v) is 1.92. The zero-order chi connectivity index (χ0) is 7.40. The molecule has 0 saturated carbocycles. The van der Waals surface area contributed by atoms with Crippen LogP contribution in [0, 0.1) is 0 Å². The molecule has 1 rings (SSSR count). The molecule has 0 heterocycles. The Bertz CT molecular complexity index is 223. The number of benzene rings is 1. The number of Topliss-reactive ketones (excluding diaryl/α,β-unsaturated/α-hetero) is 1. The summed E-state index contributed by atoms with van der Waals surface area (Å²) in [5.41, 5.74) is 0.435. The van der Waals surface area contributed by atoms with Crippen molar-refractivity contribution >= 4 is 28.8 Å². The van der Waals surface area contributed by atoms with Crippen molar-refractivity contribution in [3.05, 3.63) is 35.9 Å². The lowest BCUT2D eigenvalue weighted by Crippen LogP contribution is -1.99. The van der Waals surface area contributed by atoms with Gasteiger partial charge in [0.25, 0.3) is 0 Å². The van der Waals surface area contributed by atoms with Crippen molar-refractivity contribution < 1.29 is 9.18 Å². The fourth-order valence-electron chi connectivity index (χ4n) is 0.701. The van der Waals surface area contributed by atoms with Crippen molar-refractivity contribution in [2.45, 2.75) is 0 Å². The van der Waals surface area contributed by atoms with E-state index in [1.807, 2.05) is 0 Å². The first kappa shape index (κ1) is 10.6. The van der Waals surface area contributed by atoms with E-state index in [4.69, 9.17) is 0 Å². The molecular weight excluding hydrogens is 155 g/mol. The van der Waals surface area contributed by atoms with Crippen LogP contribution in [0.3, 0.4) is 0 Å². The lowest BCUT2D eigenvalue weighted by molar-refractivity contribution is 0.0958. The number of rotatable bonds is 2. The van der Waals surface area contributed by atoms with Crippen molar-refractivity contribution in [3.63, 3.8) is 0 Å². The van der Waals surface area contributed by atoms with E-state index in [0.717, 1.165) is 0 Å². The number of carbonyl (C=O) groups excluding carboxylic acids is 1. The summed E-state index contributed by atoms with van der Waals surface area (Å²) in [5, 5.41) is 0. The maximum absolute atomic E-state index is 11.7. The smallest absolute Gasteiger partial charge is 0.291 e. The van der Waals surface area contributed by atoms with Gasteiger partial charge in [-0.15, -0.1) is 0 Å². The summed E-state index contributed by atoms with van der Waals surface area (Å²) in [7, 11) is 0. The maximum Gasteiger partial charge on any atom is 0.316 e. The van der Waals surface area contributed by atoms with E-state index in [9.17, 15) is 9.18 Å². The minimum Gasteiger partial charge on any atom is -0.291 e. The van der Waals surface area contributed by atoms with Crippen LogP contribution in [0.4, 0.5) is 4.39 Å². The second kappa shape index (κ2) is 5.26. The summed E-state index contributed by atoms with van der Waals surface area (Å²) >= 11 is 0. The van der Waals surface area contributed by atoms with Gasteiger partial charge in [-0.25, -0.2) is 4.39 Å². The third-order valence-electron chi connectivity index (χ3n) is 1.22. The molecule has 0 saturated heterocycles. The Morgan fingerprint density at radius 2 is 1.82 bits per heavy atom. The van der Waals surface area contributed by atoms with Gasteiger partial charge < -0.3 is 0 Å². The SMILES string of the molecule is O=C(CF)c1ccccc1.[MgH2]. The number of ketones is 1. The molecule has 0 spiro atoms. The van der Waals surface area contributed by atoms with Crippen molar-refractivity contribution in [1.29, 1.82) is 0 Å². The van der Waals surface area contributed by atoms with E-state index in [2.05, 4.69) is 0 Å². The number of carbonyl (C=O) groups is 1. The molecule has 56 valence electrons. The molecule has 1 aromatic carbocycles. The second-order valence-electron chi connectivity index (χ2n) is 1.92. The highest BCUT2D eigenvalue weighted by atomic mass is 24.3. The van der Waals surface area contributed by atoms with Crippen LogP contribution in [0.5, 0.6) is 0 Å². The average molecular weight is 164 g/mol. The molecule has 1 aromatic rings. The Hall–Kier alpha value is -0.414. The first-order valence-electron chi connectivity index (χ1n) is 2.99. The van der Waals surface area contributed by atoms with Gasteiger partial charge in [0.2, 0.25) is 0 Å². The molecular formula is C8H9FMgO. The Balaban J connectivity index is 0.000001000. The Kier molecular flexibility index (Phi) is 5.07. The van der Waals surface area contributed by atoms with E-state index in [0.29, 0.717) is 5.56 Å². The van der Waals surface area contributed by atoms with Crippen LogP contribution in [0.25, 0.3) is 0 Å². The molecule has 0 bridgehead atoms. The minimum atomic E-state index is -0.913. The van der Waals surface area contributed by atoms with Gasteiger partial charge in [-0.3, -0.25) is 4.79 Å². The quantitative estimate of drug-likeness (QED) is 0.469. The minimum absolute atomic E-state index is 0. The Labute approximate surface area is 80.8 Å². The van der Waals surface area contributed by atoms with Crippen LogP contribution < -0.4 is 0 Å². The van der Waals surface area contributed by atoms with Crippen LogP contribution in [-0.2, 0) is 0 Å². The molecule has 0 unspecified atom stereocenters. The zero-order valence-corrected chi connectivity index (χ0v) is 5.38. The summed E-state index contributed by atoms with van der Waals surface area (Å²) in [4.78, 5) is 10.6. The Morgan fingerprint density at radius 3 is 2.27 bits per heavy atom. The highest BCUT2D eigenvalue weighted by molar-refractivity contribution is 5.96. The summed E-state index contributed by atoms with van der Waals surface area (Å²) in [6, 6.07) is 8.41. The molecule has 0 aliphatic rings. The summed E-state index contributed by atoms with van der Waals surface area (Å²) in [6.45, 7) is -0.913. The van der Waals surface area contributed by atoms with Gasteiger partial charge in [-0.05, 0) is 0 Å². The number of hydrogen-bond acceptors (Lipinski definition) is 1. The Morgan fingerprint density at radius 1 is 1.27 bits per heavy atom. The van der Waals surface area contributed by atoms with Gasteiger partial charge >= 0.3 is 23.1 Å². The highest BCUT2D eigenvalue weighted by Gasteiger charge is 2.01. The van der Waals surface area contributed by atoms with E-state index < -0.39 is 12.5 Å². The molecule has 0 atom stereocenters. The number of halogens is 1. The molecule has 0 N–H and O–H groups in total. The van der Waals surface area contributed by atoms with E-state index in [-0.39, 0.29) is 23.1 Å². The summed E-state index contributed by atoms with van der Waals surface area (Å²) in [6.07, 6.45) is 0. The fourth-order valence-corrected chi connectivity index (χ4v) is 0.701. The molecule has 11 heavy (non-hydrogen) atoms. The van der Waals surface area contributed by atoms with Gasteiger partial charge in [0.1, 0.15) is 0 Å².